The third-order valence-corrected chi connectivity index (χ3v) is 4.62. The third kappa shape index (κ3) is 4.74. The monoisotopic (exact) mass is 282 g/mol. The second-order valence-corrected chi connectivity index (χ2v) is 6.07. The summed E-state index contributed by atoms with van der Waals surface area (Å²) in [5.74, 6) is 0.299. The Morgan fingerprint density at radius 3 is 2.75 bits per heavy atom. The molecule has 1 unspecified atom stereocenters. The Morgan fingerprint density at radius 2 is 2.00 bits per heavy atom. The summed E-state index contributed by atoms with van der Waals surface area (Å²) in [5, 5.41) is 3.33. The molecule has 2 aliphatic heterocycles. The third-order valence-electron chi connectivity index (χ3n) is 4.62. The molecule has 0 radical (unpaired) electrons. The average Bonchev–Trinajstić information content (AvgIpc) is 2.73. The number of piperidine rings is 1. The Labute approximate surface area is 123 Å². The van der Waals surface area contributed by atoms with Crippen LogP contribution in [0.15, 0.2) is 0 Å². The lowest BCUT2D eigenvalue weighted by Gasteiger charge is -2.30. The Kier molecular flexibility index (Phi) is 6.80. The molecule has 0 aromatic carbocycles. The van der Waals surface area contributed by atoms with E-state index in [-0.39, 0.29) is 0 Å². The summed E-state index contributed by atoms with van der Waals surface area (Å²) < 4.78 is 5.86. The van der Waals surface area contributed by atoms with Gasteiger partial charge in [-0.05, 0) is 45.2 Å². The Hall–Kier alpha value is -0.610. The van der Waals surface area contributed by atoms with E-state index in [1.165, 1.54) is 19.3 Å². The summed E-state index contributed by atoms with van der Waals surface area (Å²) in [7, 11) is 0. The van der Waals surface area contributed by atoms with E-state index in [0.717, 1.165) is 45.3 Å². The molecule has 1 amide bonds. The number of likely N-dealkylation sites (tertiary alicyclic amines) is 1. The minimum absolute atomic E-state index is 0.299. The summed E-state index contributed by atoms with van der Waals surface area (Å²) in [6.45, 7) is 5.83. The van der Waals surface area contributed by atoms with Gasteiger partial charge < -0.3 is 15.0 Å². The van der Waals surface area contributed by atoms with Crippen molar-refractivity contribution in [3.8, 4) is 0 Å². The molecular weight excluding hydrogens is 252 g/mol. The molecule has 1 atom stereocenters. The molecule has 0 spiro atoms. The fourth-order valence-corrected chi connectivity index (χ4v) is 3.35. The van der Waals surface area contributed by atoms with Gasteiger partial charge in [0.15, 0.2) is 0 Å². The van der Waals surface area contributed by atoms with Gasteiger partial charge in [-0.1, -0.05) is 19.8 Å². The molecular formula is C16H30N2O2. The van der Waals surface area contributed by atoms with E-state index < -0.39 is 0 Å². The smallest absolute Gasteiger partial charge is 0.225 e. The van der Waals surface area contributed by atoms with E-state index in [9.17, 15) is 4.79 Å². The maximum atomic E-state index is 12.4. The van der Waals surface area contributed by atoms with Crippen molar-refractivity contribution in [2.45, 2.75) is 70.4 Å². The molecule has 2 fully saturated rings. The van der Waals surface area contributed by atoms with Gasteiger partial charge in [0.1, 0.15) is 0 Å². The Morgan fingerprint density at radius 1 is 1.20 bits per heavy atom. The van der Waals surface area contributed by atoms with Crippen LogP contribution < -0.4 is 5.32 Å². The highest BCUT2D eigenvalue weighted by molar-refractivity contribution is 5.76. The van der Waals surface area contributed by atoms with Crippen LogP contribution in [0.5, 0.6) is 0 Å². The fourth-order valence-electron chi connectivity index (χ4n) is 3.35. The van der Waals surface area contributed by atoms with Crippen molar-refractivity contribution in [2.24, 2.45) is 0 Å². The highest BCUT2D eigenvalue weighted by Gasteiger charge is 2.24. The molecule has 4 nitrogen and oxygen atoms in total. The highest BCUT2D eigenvalue weighted by Crippen LogP contribution is 2.20. The van der Waals surface area contributed by atoms with Gasteiger partial charge in [-0.15, -0.1) is 0 Å². The van der Waals surface area contributed by atoms with Crippen molar-refractivity contribution in [1.29, 1.82) is 0 Å². The lowest BCUT2D eigenvalue weighted by molar-refractivity contribution is -0.135. The van der Waals surface area contributed by atoms with Gasteiger partial charge in [-0.25, -0.2) is 0 Å². The largest absolute Gasteiger partial charge is 0.378 e. The van der Waals surface area contributed by atoms with E-state index in [0.29, 0.717) is 31.1 Å². The van der Waals surface area contributed by atoms with Crippen molar-refractivity contribution in [1.82, 2.24) is 10.2 Å². The molecule has 2 saturated heterocycles. The SMILES string of the molecule is CCC1CCCCCN1C(=O)CCOC1CCNCC1. The normalized spacial score (nSPS) is 25.4. The molecule has 0 aromatic rings. The molecule has 4 heteroatoms. The maximum Gasteiger partial charge on any atom is 0.225 e. The summed E-state index contributed by atoms with van der Waals surface area (Å²) in [5.41, 5.74) is 0. The maximum absolute atomic E-state index is 12.4. The highest BCUT2D eigenvalue weighted by atomic mass is 16.5. The number of carbonyl (C=O) groups excluding carboxylic acids is 1. The van der Waals surface area contributed by atoms with Crippen LogP contribution in [0.25, 0.3) is 0 Å². The van der Waals surface area contributed by atoms with Gasteiger partial charge >= 0.3 is 0 Å². The van der Waals surface area contributed by atoms with Crippen LogP contribution in [-0.2, 0) is 9.53 Å². The molecule has 2 rings (SSSR count). The van der Waals surface area contributed by atoms with E-state index in [2.05, 4.69) is 17.1 Å². The first-order valence-electron chi connectivity index (χ1n) is 8.43. The molecule has 116 valence electrons. The van der Waals surface area contributed by atoms with E-state index >= 15 is 0 Å². The van der Waals surface area contributed by atoms with Crippen molar-refractivity contribution < 1.29 is 9.53 Å². The minimum Gasteiger partial charge on any atom is -0.378 e. The Balaban J connectivity index is 1.71. The predicted molar refractivity (Wildman–Crippen MR) is 80.7 cm³/mol. The van der Waals surface area contributed by atoms with Gasteiger partial charge in [0.05, 0.1) is 19.1 Å². The number of rotatable bonds is 5. The molecule has 2 aliphatic rings. The molecule has 0 saturated carbocycles. The van der Waals surface area contributed by atoms with Crippen LogP contribution in [0.1, 0.15) is 58.3 Å². The van der Waals surface area contributed by atoms with E-state index in [4.69, 9.17) is 4.74 Å². The molecule has 20 heavy (non-hydrogen) atoms. The first-order valence-corrected chi connectivity index (χ1v) is 8.43. The predicted octanol–water partition coefficient (Wildman–Crippen LogP) is 2.33. The minimum atomic E-state index is 0.299. The van der Waals surface area contributed by atoms with Crippen LogP contribution in [0.3, 0.4) is 0 Å². The van der Waals surface area contributed by atoms with E-state index in [1.807, 2.05) is 0 Å². The number of hydrogen-bond acceptors (Lipinski definition) is 3. The van der Waals surface area contributed by atoms with Crippen LogP contribution in [-0.4, -0.2) is 49.2 Å². The number of nitrogens with one attached hydrogen (secondary N) is 1. The first-order chi connectivity index (χ1) is 9.81. The zero-order valence-corrected chi connectivity index (χ0v) is 12.9. The standard InChI is InChI=1S/C16H30N2O2/c1-2-14-6-4-3-5-12-18(14)16(19)9-13-20-15-7-10-17-11-8-15/h14-15,17H,2-13H2,1H3. The Bertz CT molecular complexity index is 290. The van der Waals surface area contributed by atoms with Crippen LogP contribution in [0, 0.1) is 0 Å². The van der Waals surface area contributed by atoms with Gasteiger partial charge in [0, 0.05) is 12.6 Å². The lowest BCUT2D eigenvalue weighted by Crippen LogP contribution is -2.40. The molecule has 2 heterocycles. The molecule has 0 aliphatic carbocycles. The molecule has 0 bridgehead atoms. The zero-order chi connectivity index (χ0) is 14.2. The van der Waals surface area contributed by atoms with Gasteiger partial charge in [0.25, 0.3) is 0 Å². The van der Waals surface area contributed by atoms with Crippen molar-refractivity contribution in [2.75, 3.05) is 26.2 Å². The van der Waals surface area contributed by atoms with E-state index in [1.54, 1.807) is 0 Å². The van der Waals surface area contributed by atoms with Crippen molar-refractivity contribution in [3.05, 3.63) is 0 Å². The second-order valence-electron chi connectivity index (χ2n) is 6.07. The van der Waals surface area contributed by atoms with Crippen LogP contribution in [0.4, 0.5) is 0 Å². The quantitative estimate of drug-likeness (QED) is 0.841. The van der Waals surface area contributed by atoms with Gasteiger partial charge in [-0.2, -0.15) is 0 Å². The molecule has 1 N–H and O–H groups in total. The zero-order valence-electron chi connectivity index (χ0n) is 12.9. The number of carbonyl (C=O) groups is 1. The topological polar surface area (TPSA) is 41.6 Å². The summed E-state index contributed by atoms with van der Waals surface area (Å²) in [4.78, 5) is 14.5. The lowest BCUT2D eigenvalue weighted by atomic mass is 10.1. The summed E-state index contributed by atoms with van der Waals surface area (Å²) in [6, 6.07) is 0.462. The number of hydrogen-bond donors (Lipinski definition) is 1. The number of ether oxygens (including phenoxy) is 1. The molecule has 0 aromatic heterocycles. The van der Waals surface area contributed by atoms with Crippen LogP contribution >= 0.6 is 0 Å². The van der Waals surface area contributed by atoms with Gasteiger partial charge in [-0.3, -0.25) is 4.79 Å². The van der Waals surface area contributed by atoms with Gasteiger partial charge in [0.2, 0.25) is 5.91 Å². The van der Waals surface area contributed by atoms with Crippen LogP contribution in [0.2, 0.25) is 0 Å². The average molecular weight is 282 g/mol. The summed E-state index contributed by atoms with van der Waals surface area (Å²) in [6.07, 6.45) is 9.04. The number of amides is 1. The van der Waals surface area contributed by atoms with Crippen molar-refractivity contribution >= 4 is 5.91 Å². The second kappa shape index (κ2) is 8.63. The fraction of sp³-hybridized carbons (Fsp3) is 0.938. The number of nitrogens with zero attached hydrogens (tertiary/aromatic N) is 1. The van der Waals surface area contributed by atoms with Crippen molar-refractivity contribution in [3.63, 3.8) is 0 Å². The first kappa shape index (κ1) is 15.8. The summed E-state index contributed by atoms with van der Waals surface area (Å²) >= 11 is 0.